The molecule has 0 aliphatic rings. The third-order valence-electron chi connectivity index (χ3n) is 2.41. The summed E-state index contributed by atoms with van der Waals surface area (Å²) in [6, 6.07) is 1.38. The van der Waals surface area contributed by atoms with Crippen LogP contribution in [0.25, 0.3) is 0 Å². The van der Waals surface area contributed by atoms with E-state index < -0.39 is 4.92 Å². The van der Waals surface area contributed by atoms with Gasteiger partial charge in [0.15, 0.2) is 0 Å². The standard InChI is InChI=1S/C11H15BrN4O3/c1-3-13-10(17)7-15(4-2)11-9(12)5-8(6-14-11)16(18)19/h5-6H,3-4,7H2,1-2H3,(H,13,17). The summed E-state index contributed by atoms with van der Waals surface area (Å²) in [5.41, 5.74) is -0.0929. The van der Waals surface area contributed by atoms with Gasteiger partial charge in [0.25, 0.3) is 5.69 Å². The monoisotopic (exact) mass is 330 g/mol. The largest absolute Gasteiger partial charge is 0.355 e. The Morgan fingerprint density at radius 1 is 1.58 bits per heavy atom. The second kappa shape index (κ2) is 7.03. The lowest BCUT2D eigenvalue weighted by Crippen LogP contribution is -2.37. The van der Waals surface area contributed by atoms with Gasteiger partial charge in [-0.1, -0.05) is 0 Å². The van der Waals surface area contributed by atoms with Crippen LogP contribution in [0.5, 0.6) is 0 Å². The average Bonchev–Trinajstić information content (AvgIpc) is 2.36. The molecule has 0 aromatic carbocycles. The second-order valence-electron chi connectivity index (χ2n) is 3.72. The van der Waals surface area contributed by atoms with Crippen molar-refractivity contribution in [1.82, 2.24) is 10.3 Å². The van der Waals surface area contributed by atoms with Crippen molar-refractivity contribution in [1.29, 1.82) is 0 Å². The van der Waals surface area contributed by atoms with Crippen LogP contribution in [0.2, 0.25) is 0 Å². The molecule has 7 nitrogen and oxygen atoms in total. The van der Waals surface area contributed by atoms with E-state index in [-0.39, 0.29) is 18.1 Å². The zero-order valence-electron chi connectivity index (χ0n) is 10.7. The molecule has 1 aromatic rings. The third-order valence-corrected chi connectivity index (χ3v) is 2.99. The van der Waals surface area contributed by atoms with Gasteiger partial charge in [-0.15, -0.1) is 0 Å². The van der Waals surface area contributed by atoms with Crippen LogP contribution >= 0.6 is 15.9 Å². The topological polar surface area (TPSA) is 88.4 Å². The van der Waals surface area contributed by atoms with E-state index in [0.717, 1.165) is 0 Å². The number of nitro groups is 1. The molecule has 19 heavy (non-hydrogen) atoms. The molecule has 0 saturated carbocycles. The van der Waals surface area contributed by atoms with Crippen molar-refractivity contribution in [3.63, 3.8) is 0 Å². The highest BCUT2D eigenvalue weighted by atomic mass is 79.9. The van der Waals surface area contributed by atoms with Crippen molar-refractivity contribution in [2.45, 2.75) is 13.8 Å². The van der Waals surface area contributed by atoms with Crippen molar-refractivity contribution in [2.24, 2.45) is 0 Å². The lowest BCUT2D eigenvalue weighted by molar-refractivity contribution is -0.385. The number of nitrogens with one attached hydrogen (secondary N) is 1. The van der Waals surface area contributed by atoms with Crippen LogP contribution in [0.3, 0.4) is 0 Å². The van der Waals surface area contributed by atoms with Gasteiger partial charge in [-0.05, 0) is 29.8 Å². The number of halogens is 1. The first-order valence-corrected chi connectivity index (χ1v) is 6.60. The highest BCUT2D eigenvalue weighted by Crippen LogP contribution is 2.27. The number of likely N-dealkylation sites (N-methyl/N-ethyl adjacent to an activating group) is 2. The Morgan fingerprint density at radius 3 is 2.74 bits per heavy atom. The third kappa shape index (κ3) is 4.16. The second-order valence-corrected chi connectivity index (χ2v) is 4.58. The van der Waals surface area contributed by atoms with Crippen LogP contribution < -0.4 is 10.2 Å². The molecule has 0 saturated heterocycles. The van der Waals surface area contributed by atoms with Crippen LogP contribution in [0.15, 0.2) is 16.7 Å². The number of amides is 1. The number of carbonyl (C=O) groups is 1. The highest BCUT2D eigenvalue weighted by Gasteiger charge is 2.16. The molecule has 0 unspecified atom stereocenters. The molecule has 0 aliphatic heterocycles. The van der Waals surface area contributed by atoms with Gasteiger partial charge in [-0.25, -0.2) is 4.98 Å². The zero-order chi connectivity index (χ0) is 14.4. The summed E-state index contributed by atoms with van der Waals surface area (Å²) in [5, 5.41) is 13.3. The molecule has 0 aliphatic carbocycles. The number of hydrogen-bond donors (Lipinski definition) is 1. The molecule has 8 heteroatoms. The predicted octanol–water partition coefficient (Wildman–Crippen LogP) is 1.71. The van der Waals surface area contributed by atoms with Gasteiger partial charge in [-0.3, -0.25) is 14.9 Å². The van der Waals surface area contributed by atoms with Crippen molar-refractivity contribution >= 4 is 33.3 Å². The smallest absolute Gasteiger partial charge is 0.288 e. The van der Waals surface area contributed by atoms with Gasteiger partial charge < -0.3 is 10.2 Å². The molecule has 104 valence electrons. The van der Waals surface area contributed by atoms with E-state index in [4.69, 9.17) is 0 Å². The maximum absolute atomic E-state index is 11.6. The van der Waals surface area contributed by atoms with E-state index in [1.54, 1.807) is 4.90 Å². The number of rotatable bonds is 6. The van der Waals surface area contributed by atoms with Crippen LogP contribution in [-0.4, -0.2) is 35.4 Å². The molecular formula is C11H15BrN4O3. The summed E-state index contributed by atoms with van der Waals surface area (Å²) in [5.74, 6) is 0.399. The fourth-order valence-electron chi connectivity index (χ4n) is 1.52. The van der Waals surface area contributed by atoms with Gasteiger partial charge in [0.2, 0.25) is 5.91 Å². The molecule has 1 N–H and O–H groups in total. The molecule has 0 fully saturated rings. The maximum atomic E-state index is 11.6. The van der Waals surface area contributed by atoms with E-state index in [1.807, 2.05) is 13.8 Å². The summed E-state index contributed by atoms with van der Waals surface area (Å²) in [6.45, 7) is 5.02. The normalized spacial score (nSPS) is 10.1. The molecule has 0 spiro atoms. The predicted molar refractivity (Wildman–Crippen MR) is 75.2 cm³/mol. The van der Waals surface area contributed by atoms with Gasteiger partial charge in [0, 0.05) is 19.2 Å². The van der Waals surface area contributed by atoms with Gasteiger partial charge in [0.05, 0.1) is 15.9 Å². The Kier molecular flexibility index (Phi) is 5.68. The van der Waals surface area contributed by atoms with Gasteiger partial charge >= 0.3 is 0 Å². The number of nitrogens with zero attached hydrogens (tertiary/aromatic N) is 3. The van der Waals surface area contributed by atoms with Crippen LogP contribution in [0.1, 0.15) is 13.8 Å². The summed E-state index contributed by atoms with van der Waals surface area (Å²) in [6.07, 6.45) is 1.18. The lowest BCUT2D eigenvalue weighted by Gasteiger charge is -2.22. The van der Waals surface area contributed by atoms with Gasteiger partial charge in [-0.2, -0.15) is 0 Å². The minimum absolute atomic E-state index is 0.0929. The first kappa shape index (κ1) is 15.4. The number of hydrogen-bond acceptors (Lipinski definition) is 5. The molecule has 1 aromatic heterocycles. The Labute approximate surface area is 119 Å². The van der Waals surface area contributed by atoms with Crippen molar-refractivity contribution in [2.75, 3.05) is 24.5 Å². The van der Waals surface area contributed by atoms with Crippen molar-refractivity contribution < 1.29 is 9.72 Å². The van der Waals surface area contributed by atoms with E-state index in [2.05, 4.69) is 26.2 Å². The summed E-state index contributed by atoms with van der Waals surface area (Å²) in [4.78, 5) is 27.5. The molecule has 1 rings (SSSR count). The molecule has 1 amide bonds. The molecule has 0 atom stereocenters. The zero-order valence-corrected chi connectivity index (χ0v) is 12.3. The fraction of sp³-hybridized carbons (Fsp3) is 0.455. The molecule has 1 heterocycles. The SMILES string of the molecule is CCNC(=O)CN(CC)c1ncc([N+](=O)[O-])cc1Br. The molecule has 0 radical (unpaired) electrons. The van der Waals surface area contributed by atoms with Crippen LogP contribution in [-0.2, 0) is 4.79 Å². The Morgan fingerprint density at radius 2 is 2.26 bits per heavy atom. The summed E-state index contributed by atoms with van der Waals surface area (Å²) >= 11 is 3.25. The highest BCUT2D eigenvalue weighted by molar-refractivity contribution is 9.10. The maximum Gasteiger partial charge on any atom is 0.288 e. The van der Waals surface area contributed by atoms with Crippen LogP contribution in [0.4, 0.5) is 11.5 Å². The quantitative estimate of drug-likeness (QED) is 0.633. The van der Waals surface area contributed by atoms with Crippen molar-refractivity contribution in [3.8, 4) is 0 Å². The molecular weight excluding hydrogens is 316 g/mol. The number of aromatic nitrogens is 1. The molecule has 0 bridgehead atoms. The van der Waals surface area contributed by atoms with E-state index >= 15 is 0 Å². The number of carbonyl (C=O) groups excluding carboxylic acids is 1. The number of pyridine rings is 1. The van der Waals surface area contributed by atoms with Crippen LogP contribution in [0, 0.1) is 10.1 Å². The Bertz CT molecular complexity index is 481. The summed E-state index contributed by atoms with van der Waals surface area (Å²) < 4.78 is 0.493. The van der Waals surface area contributed by atoms with Crippen molar-refractivity contribution in [3.05, 3.63) is 26.9 Å². The lowest BCUT2D eigenvalue weighted by atomic mass is 10.3. The first-order chi connectivity index (χ1) is 8.99. The first-order valence-electron chi connectivity index (χ1n) is 5.81. The average molecular weight is 331 g/mol. The van der Waals surface area contributed by atoms with E-state index in [0.29, 0.717) is 23.4 Å². The van der Waals surface area contributed by atoms with Gasteiger partial charge in [0.1, 0.15) is 12.0 Å². The summed E-state index contributed by atoms with van der Waals surface area (Å²) in [7, 11) is 0. The fourth-order valence-corrected chi connectivity index (χ4v) is 2.10. The Balaban J connectivity index is 2.92. The number of anilines is 1. The van der Waals surface area contributed by atoms with E-state index in [9.17, 15) is 14.9 Å². The Hall–Kier alpha value is -1.70. The van der Waals surface area contributed by atoms with E-state index in [1.165, 1.54) is 12.3 Å². The minimum atomic E-state index is -0.512. The minimum Gasteiger partial charge on any atom is -0.355 e.